The minimum Gasteiger partial charge on any atom is -0.497 e. The van der Waals surface area contributed by atoms with Gasteiger partial charge in [-0.05, 0) is 50.6 Å². The molecule has 0 aliphatic heterocycles. The van der Waals surface area contributed by atoms with Gasteiger partial charge in [-0.2, -0.15) is 0 Å². The zero-order valence-electron chi connectivity index (χ0n) is 11.9. The molecule has 0 radical (unpaired) electrons. The summed E-state index contributed by atoms with van der Waals surface area (Å²) in [4.78, 5) is 13.9. The maximum atomic E-state index is 11.8. The Hall–Kier alpha value is -1.86. The Morgan fingerprint density at radius 2 is 1.90 bits per heavy atom. The second kappa shape index (κ2) is 8.34. The van der Waals surface area contributed by atoms with E-state index in [1.54, 1.807) is 31.4 Å². The summed E-state index contributed by atoms with van der Waals surface area (Å²) < 4.78 is 5.03. The lowest BCUT2D eigenvalue weighted by atomic mass is 10.2. The van der Waals surface area contributed by atoms with Crippen LogP contribution in [0, 0.1) is 0 Å². The molecule has 0 aliphatic rings. The monoisotopic (exact) mass is 296 g/mol. The molecule has 110 valence electrons. The average molecular weight is 296 g/mol. The highest BCUT2D eigenvalue weighted by atomic mass is 32.1. The Balaban J connectivity index is 2.33. The summed E-state index contributed by atoms with van der Waals surface area (Å²) in [5.41, 5.74) is 5.70. The number of hydrogen-bond donors (Lipinski definition) is 3. The van der Waals surface area contributed by atoms with Crippen LogP contribution < -0.4 is 20.9 Å². The molecular formula is C13H20N4O2S. The largest absolute Gasteiger partial charge is 0.497 e. The quantitative estimate of drug-likeness (QED) is 0.539. The molecule has 0 unspecified atom stereocenters. The predicted molar refractivity (Wildman–Crippen MR) is 82.8 cm³/mol. The van der Waals surface area contributed by atoms with Crippen molar-refractivity contribution in [3.8, 4) is 5.75 Å². The van der Waals surface area contributed by atoms with Crippen molar-refractivity contribution in [3.05, 3.63) is 29.8 Å². The number of likely N-dealkylation sites (N-methyl/N-ethyl adjacent to an activating group) is 1. The van der Waals surface area contributed by atoms with E-state index in [4.69, 9.17) is 17.0 Å². The fourth-order valence-corrected chi connectivity index (χ4v) is 1.52. The molecule has 0 aliphatic carbocycles. The number of hydrogen-bond acceptors (Lipinski definition) is 4. The molecule has 0 bridgehead atoms. The maximum Gasteiger partial charge on any atom is 0.269 e. The van der Waals surface area contributed by atoms with Gasteiger partial charge in [-0.1, -0.05) is 0 Å². The molecule has 1 aromatic rings. The van der Waals surface area contributed by atoms with Gasteiger partial charge in [0.25, 0.3) is 5.91 Å². The molecule has 1 aromatic carbocycles. The Labute approximate surface area is 124 Å². The van der Waals surface area contributed by atoms with Crippen molar-refractivity contribution >= 4 is 23.2 Å². The van der Waals surface area contributed by atoms with Crippen molar-refractivity contribution < 1.29 is 9.53 Å². The van der Waals surface area contributed by atoms with Crippen molar-refractivity contribution in [1.29, 1.82) is 0 Å². The number of thiocarbonyl (C=S) groups is 1. The summed E-state index contributed by atoms with van der Waals surface area (Å²) in [5, 5.41) is 3.37. The van der Waals surface area contributed by atoms with Gasteiger partial charge in [0, 0.05) is 18.7 Å². The molecule has 0 aromatic heterocycles. The molecule has 1 amide bonds. The number of nitrogens with zero attached hydrogens (tertiary/aromatic N) is 1. The minimum absolute atomic E-state index is 0.260. The molecule has 0 spiro atoms. The molecule has 1 rings (SSSR count). The van der Waals surface area contributed by atoms with Crippen LogP contribution in [0.3, 0.4) is 0 Å². The molecule has 0 saturated heterocycles. The van der Waals surface area contributed by atoms with Crippen LogP contribution >= 0.6 is 12.2 Å². The van der Waals surface area contributed by atoms with Gasteiger partial charge in [-0.3, -0.25) is 15.6 Å². The standard InChI is InChI=1S/C13H20N4O2S/c1-17(2)9-8-14-13(20)16-15-12(18)10-4-6-11(19-3)7-5-10/h4-7H,8-9H2,1-3H3,(H,15,18)(H2,14,16,20). The second-order valence-corrected chi connectivity index (χ2v) is 4.78. The van der Waals surface area contributed by atoms with E-state index in [0.29, 0.717) is 23.0 Å². The topological polar surface area (TPSA) is 65.6 Å². The van der Waals surface area contributed by atoms with Crippen LogP contribution in [0.25, 0.3) is 0 Å². The van der Waals surface area contributed by atoms with Crippen LogP contribution in [-0.2, 0) is 0 Å². The van der Waals surface area contributed by atoms with Crippen LogP contribution in [-0.4, -0.2) is 50.2 Å². The SMILES string of the molecule is COc1ccc(C(=O)NNC(=S)NCCN(C)C)cc1. The van der Waals surface area contributed by atoms with Crippen LogP contribution in [0.4, 0.5) is 0 Å². The summed E-state index contributed by atoms with van der Waals surface area (Å²) in [6.07, 6.45) is 0. The number of rotatable bonds is 5. The number of nitrogens with one attached hydrogen (secondary N) is 3. The third-order valence-corrected chi connectivity index (χ3v) is 2.73. The predicted octanol–water partition coefficient (Wildman–Crippen LogP) is 0.366. The van der Waals surface area contributed by atoms with E-state index in [9.17, 15) is 4.79 Å². The lowest BCUT2D eigenvalue weighted by Gasteiger charge is -2.14. The molecule has 0 heterocycles. The van der Waals surface area contributed by atoms with Gasteiger partial charge < -0.3 is 15.0 Å². The van der Waals surface area contributed by atoms with Gasteiger partial charge >= 0.3 is 0 Å². The van der Waals surface area contributed by atoms with Gasteiger partial charge in [0.15, 0.2) is 5.11 Å². The first-order valence-electron chi connectivity index (χ1n) is 6.16. The molecule has 0 atom stereocenters. The molecule has 0 saturated carbocycles. The van der Waals surface area contributed by atoms with Crippen LogP contribution in [0.2, 0.25) is 0 Å². The number of hydrazine groups is 1. The molecule has 0 fully saturated rings. The maximum absolute atomic E-state index is 11.8. The Morgan fingerprint density at radius 3 is 2.45 bits per heavy atom. The third kappa shape index (κ3) is 5.85. The van der Waals surface area contributed by atoms with E-state index >= 15 is 0 Å². The second-order valence-electron chi connectivity index (χ2n) is 4.37. The number of amides is 1. The lowest BCUT2D eigenvalue weighted by Crippen LogP contribution is -2.47. The number of benzene rings is 1. The van der Waals surface area contributed by atoms with Crippen LogP contribution in [0.1, 0.15) is 10.4 Å². The van der Waals surface area contributed by atoms with Crippen molar-refractivity contribution in [3.63, 3.8) is 0 Å². The number of ether oxygens (including phenoxy) is 1. The van der Waals surface area contributed by atoms with Crippen LogP contribution in [0.5, 0.6) is 5.75 Å². The van der Waals surface area contributed by atoms with Gasteiger partial charge in [0.2, 0.25) is 0 Å². The summed E-state index contributed by atoms with van der Waals surface area (Å²) in [6.45, 7) is 1.56. The Kier molecular flexibility index (Phi) is 6.75. The van der Waals surface area contributed by atoms with E-state index in [1.165, 1.54) is 0 Å². The minimum atomic E-state index is -0.260. The molecule has 20 heavy (non-hydrogen) atoms. The van der Waals surface area contributed by atoms with E-state index in [2.05, 4.69) is 16.2 Å². The van der Waals surface area contributed by atoms with Crippen molar-refractivity contribution in [1.82, 2.24) is 21.1 Å². The fraction of sp³-hybridized carbons (Fsp3) is 0.385. The van der Waals surface area contributed by atoms with Gasteiger partial charge in [-0.25, -0.2) is 0 Å². The van der Waals surface area contributed by atoms with Gasteiger partial charge in [0.05, 0.1) is 7.11 Å². The summed E-state index contributed by atoms with van der Waals surface area (Å²) >= 11 is 5.04. The highest BCUT2D eigenvalue weighted by Gasteiger charge is 2.05. The first-order chi connectivity index (χ1) is 9.52. The zero-order valence-corrected chi connectivity index (χ0v) is 12.7. The molecule has 6 nitrogen and oxygen atoms in total. The first kappa shape index (κ1) is 16.2. The zero-order chi connectivity index (χ0) is 15.0. The lowest BCUT2D eigenvalue weighted by molar-refractivity contribution is 0.0943. The van der Waals surface area contributed by atoms with E-state index in [1.807, 2.05) is 19.0 Å². The number of carbonyl (C=O) groups is 1. The number of methoxy groups -OCH3 is 1. The normalized spacial score (nSPS) is 10.0. The highest BCUT2D eigenvalue weighted by Crippen LogP contribution is 2.10. The summed E-state index contributed by atoms with van der Waals surface area (Å²) in [5.74, 6) is 0.444. The van der Waals surface area contributed by atoms with Gasteiger partial charge in [-0.15, -0.1) is 0 Å². The Morgan fingerprint density at radius 1 is 1.25 bits per heavy atom. The van der Waals surface area contributed by atoms with E-state index in [0.717, 1.165) is 6.54 Å². The average Bonchev–Trinajstić information content (AvgIpc) is 2.44. The van der Waals surface area contributed by atoms with Gasteiger partial charge in [0.1, 0.15) is 5.75 Å². The molecular weight excluding hydrogens is 276 g/mol. The smallest absolute Gasteiger partial charge is 0.269 e. The molecule has 3 N–H and O–H groups in total. The van der Waals surface area contributed by atoms with Crippen molar-refractivity contribution in [2.75, 3.05) is 34.3 Å². The number of carbonyl (C=O) groups excluding carboxylic acids is 1. The van der Waals surface area contributed by atoms with E-state index in [-0.39, 0.29) is 5.91 Å². The van der Waals surface area contributed by atoms with Crippen molar-refractivity contribution in [2.45, 2.75) is 0 Å². The Bertz CT molecular complexity index is 448. The summed E-state index contributed by atoms with van der Waals surface area (Å²) in [6, 6.07) is 6.81. The molecule has 7 heteroatoms. The summed E-state index contributed by atoms with van der Waals surface area (Å²) in [7, 11) is 5.53. The van der Waals surface area contributed by atoms with Crippen molar-refractivity contribution in [2.24, 2.45) is 0 Å². The fourth-order valence-electron chi connectivity index (χ4n) is 1.37. The highest BCUT2D eigenvalue weighted by molar-refractivity contribution is 7.80. The first-order valence-corrected chi connectivity index (χ1v) is 6.56. The van der Waals surface area contributed by atoms with Crippen LogP contribution in [0.15, 0.2) is 24.3 Å². The third-order valence-electron chi connectivity index (χ3n) is 2.49. The van der Waals surface area contributed by atoms with E-state index < -0.39 is 0 Å².